The first-order valence-corrected chi connectivity index (χ1v) is 8.40. The van der Waals surface area contributed by atoms with Crippen LogP contribution in [-0.4, -0.2) is 28.2 Å². The third kappa shape index (κ3) is 3.58. The second-order valence-corrected chi connectivity index (χ2v) is 6.30. The third-order valence-electron chi connectivity index (χ3n) is 4.01. The first-order chi connectivity index (χ1) is 11.5. The number of carbonyl (C=O) groups is 1. The third-order valence-corrected chi connectivity index (χ3v) is 4.01. The maximum atomic E-state index is 12.7. The van der Waals surface area contributed by atoms with Crippen molar-refractivity contribution in [2.45, 2.75) is 52.2 Å². The van der Waals surface area contributed by atoms with Gasteiger partial charge in [0.15, 0.2) is 6.61 Å². The number of hydrogen-bond acceptors (Lipinski definition) is 5. The van der Waals surface area contributed by atoms with Gasteiger partial charge in [0.05, 0.1) is 17.0 Å². The van der Waals surface area contributed by atoms with Crippen LogP contribution in [0.1, 0.15) is 38.9 Å². The summed E-state index contributed by atoms with van der Waals surface area (Å²) in [6.45, 7) is 4.10. The van der Waals surface area contributed by atoms with Crippen molar-refractivity contribution in [3.05, 3.63) is 34.4 Å². The molecule has 0 saturated carbocycles. The molecule has 0 N–H and O–H groups in total. The second-order valence-electron chi connectivity index (χ2n) is 6.30. The molecule has 24 heavy (non-hydrogen) atoms. The van der Waals surface area contributed by atoms with Gasteiger partial charge in [-0.05, 0) is 44.9 Å². The first-order valence-electron chi connectivity index (χ1n) is 8.40. The maximum absolute atomic E-state index is 12.7. The van der Waals surface area contributed by atoms with Crippen LogP contribution in [0.4, 0.5) is 0 Å². The van der Waals surface area contributed by atoms with Gasteiger partial charge in [0.25, 0.3) is 5.56 Å². The van der Waals surface area contributed by atoms with Crippen molar-refractivity contribution < 1.29 is 14.3 Å². The molecule has 0 fully saturated rings. The van der Waals surface area contributed by atoms with Crippen LogP contribution in [0, 0.1) is 0 Å². The average molecular weight is 330 g/mol. The minimum absolute atomic E-state index is 0.0351. The van der Waals surface area contributed by atoms with Crippen LogP contribution in [0.15, 0.2) is 23.0 Å². The highest BCUT2D eigenvalue weighted by Gasteiger charge is 2.14. The molecule has 2 heterocycles. The lowest BCUT2D eigenvalue weighted by atomic mass is 10.2. The number of nitrogens with zero attached hydrogens (tertiary/aromatic N) is 2. The summed E-state index contributed by atoms with van der Waals surface area (Å²) in [5, 5.41) is 0.523. The summed E-state index contributed by atoms with van der Waals surface area (Å²) in [4.78, 5) is 28.9. The van der Waals surface area contributed by atoms with Crippen LogP contribution in [0.2, 0.25) is 0 Å². The van der Waals surface area contributed by atoms with Crippen molar-refractivity contribution in [1.82, 2.24) is 9.55 Å². The number of rotatable bonds is 4. The van der Waals surface area contributed by atoms with E-state index in [1.54, 1.807) is 36.6 Å². The topological polar surface area (TPSA) is 70.4 Å². The van der Waals surface area contributed by atoms with Crippen molar-refractivity contribution in [2.75, 3.05) is 6.61 Å². The molecule has 0 saturated heterocycles. The molecule has 1 aliphatic rings. The molecule has 2 aromatic rings. The molecule has 6 nitrogen and oxygen atoms in total. The molecule has 0 atom stereocenters. The maximum Gasteiger partial charge on any atom is 0.344 e. The highest BCUT2D eigenvalue weighted by Crippen LogP contribution is 2.19. The van der Waals surface area contributed by atoms with Gasteiger partial charge >= 0.3 is 5.97 Å². The van der Waals surface area contributed by atoms with Gasteiger partial charge in [0, 0.05) is 13.0 Å². The molecule has 128 valence electrons. The Labute approximate surface area is 140 Å². The van der Waals surface area contributed by atoms with E-state index in [1.165, 1.54) is 0 Å². The molecule has 3 rings (SSSR count). The zero-order valence-electron chi connectivity index (χ0n) is 14.1. The fourth-order valence-corrected chi connectivity index (χ4v) is 2.93. The van der Waals surface area contributed by atoms with E-state index < -0.39 is 5.97 Å². The van der Waals surface area contributed by atoms with Crippen molar-refractivity contribution in [3.8, 4) is 5.75 Å². The number of aryl methyl sites for hydroxylation is 1. The largest absolute Gasteiger partial charge is 0.482 e. The average Bonchev–Trinajstić information content (AvgIpc) is 2.78. The molecule has 1 aromatic heterocycles. The minimum atomic E-state index is -0.429. The lowest BCUT2D eigenvalue weighted by Gasteiger charge is -2.12. The number of carbonyl (C=O) groups excluding carboxylic acids is 1. The van der Waals surface area contributed by atoms with Crippen molar-refractivity contribution in [1.29, 1.82) is 0 Å². The normalized spacial score (nSPS) is 14.3. The van der Waals surface area contributed by atoms with Gasteiger partial charge in [-0.1, -0.05) is 6.42 Å². The Morgan fingerprint density at radius 2 is 2.12 bits per heavy atom. The van der Waals surface area contributed by atoms with Gasteiger partial charge in [-0.15, -0.1) is 0 Å². The lowest BCUT2D eigenvalue weighted by molar-refractivity contribution is -0.149. The van der Waals surface area contributed by atoms with Crippen LogP contribution >= 0.6 is 0 Å². The van der Waals surface area contributed by atoms with E-state index in [0.717, 1.165) is 31.5 Å². The number of hydrogen-bond donors (Lipinski definition) is 0. The van der Waals surface area contributed by atoms with Crippen molar-refractivity contribution >= 4 is 16.9 Å². The molecule has 0 amide bonds. The van der Waals surface area contributed by atoms with Crippen molar-refractivity contribution in [3.63, 3.8) is 0 Å². The summed E-state index contributed by atoms with van der Waals surface area (Å²) < 4.78 is 12.2. The molecule has 1 aromatic carbocycles. The van der Waals surface area contributed by atoms with Crippen LogP contribution in [0.5, 0.6) is 5.75 Å². The van der Waals surface area contributed by atoms with Gasteiger partial charge in [-0.3, -0.25) is 9.36 Å². The van der Waals surface area contributed by atoms with E-state index in [4.69, 9.17) is 9.47 Å². The smallest absolute Gasteiger partial charge is 0.344 e. The Kier molecular flexibility index (Phi) is 4.83. The summed E-state index contributed by atoms with van der Waals surface area (Å²) in [5.74, 6) is 0.900. The minimum Gasteiger partial charge on any atom is -0.482 e. The van der Waals surface area contributed by atoms with Gasteiger partial charge in [0.1, 0.15) is 11.6 Å². The van der Waals surface area contributed by atoms with Gasteiger partial charge < -0.3 is 9.47 Å². The van der Waals surface area contributed by atoms with E-state index in [0.29, 0.717) is 23.2 Å². The molecule has 1 aliphatic heterocycles. The van der Waals surface area contributed by atoms with Crippen LogP contribution in [-0.2, 0) is 22.5 Å². The zero-order valence-corrected chi connectivity index (χ0v) is 14.1. The summed E-state index contributed by atoms with van der Waals surface area (Å²) in [6.07, 6.45) is 3.84. The molecule has 0 radical (unpaired) electrons. The van der Waals surface area contributed by atoms with Gasteiger partial charge in [-0.25, -0.2) is 9.78 Å². The Hall–Kier alpha value is -2.37. The van der Waals surface area contributed by atoms with Crippen LogP contribution in [0.25, 0.3) is 10.9 Å². The molecular weight excluding hydrogens is 308 g/mol. The van der Waals surface area contributed by atoms with E-state index >= 15 is 0 Å². The predicted molar refractivity (Wildman–Crippen MR) is 90.3 cm³/mol. The molecule has 0 unspecified atom stereocenters. The molecule has 0 spiro atoms. The molecule has 0 aliphatic carbocycles. The van der Waals surface area contributed by atoms with Gasteiger partial charge in [0.2, 0.25) is 0 Å². The number of esters is 1. The second kappa shape index (κ2) is 7.03. The first kappa shape index (κ1) is 16.5. The Morgan fingerprint density at radius 1 is 1.29 bits per heavy atom. The SMILES string of the molecule is CC(C)OC(=O)COc1ccc2nc3n(c(=O)c2c1)CCCCC3. The number of aromatic nitrogens is 2. The quantitative estimate of drug-likeness (QED) is 0.805. The Balaban J connectivity index is 1.86. The fourth-order valence-electron chi connectivity index (χ4n) is 2.93. The van der Waals surface area contributed by atoms with Crippen molar-refractivity contribution in [2.24, 2.45) is 0 Å². The zero-order chi connectivity index (χ0) is 17.1. The number of benzene rings is 1. The van der Waals surface area contributed by atoms with E-state index in [9.17, 15) is 9.59 Å². The number of fused-ring (bicyclic) bond motifs is 2. The van der Waals surface area contributed by atoms with Crippen LogP contribution in [0.3, 0.4) is 0 Å². The van der Waals surface area contributed by atoms with Crippen LogP contribution < -0.4 is 10.3 Å². The van der Waals surface area contributed by atoms with E-state index in [2.05, 4.69) is 4.98 Å². The highest BCUT2D eigenvalue weighted by atomic mass is 16.6. The highest BCUT2D eigenvalue weighted by molar-refractivity contribution is 5.79. The molecular formula is C18H22N2O4. The Morgan fingerprint density at radius 3 is 2.92 bits per heavy atom. The lowest BCUT2D eigenvalue weighted by Crippen LogP contribution is -2.24. The summed E-state index contributed by atoms with van der Waals surface area (Å²) in [7, 11) is 0. The monoisotopic (exact) mass is 330 g/mol. The standard InChI is InChI=1S/C18H22N2O4/c1-12(2)24-17(21)11-23-13-7-8-15-14(10-13)18(22)20-9-5-3-4-6-16(20)19-15/h7-8,10,12H,3-6,9,11H2,1-2H3. The van der Waals surface area contributed by atoms with E-state index in [-0.39, 0.29) is 18.3 Å². The Bertz CT molecular complexity index is 811. The predicted octanol–water partition coefficient (Wildman–Crippen LogP) is 2.45. The van der Waals surface area contributed by atoms with E-state index in [1.807, 2.05) is 0 Å². The molecule has 0 bridgehead atoms. The fraction of sp³-hybridized carbons (Fsp3) is 0.500. The number of ether oxygens (including phenoxy) is 2. The summed E-state index contributed by atoms with van der Waals surface area (Å²) in [5.41, 5.74) is 0.636. The summed E-state index contributed by atoms with van der Waals surface area (Å²) in [6, 6.07) is 5.16. The van der Waals surface area contributed by atoms with Gasteiger partial charge in [-0.2, -0.15) is 0 Å². The molecule has 6 heteroatoms. The summed E-state index contributed by atoms with van der Waals surface area (Å²) >= 11 is 0.